The predicted octanol–water partition coefficient (Wildman–Crippen LogP) is 1.27. The maximum atomic E-state index is 10.7. The van der Waals surface area contributed by atoms with Crippen molar-refractivity contribution in [1.82, 2.24) is 0 Å². The van der Waals surface area contributed by atoms with E-state index in [1.54, 1.807) is 0 Å². The molecule has 0 amide bonds. The number of esters is 1. The fourth-order valence-corrected chi connectivity index (χ4v) is 1.70. The van der Waals surface area contributed by atoms with Crippen LogP contribution in [0, 0.1) is 5.92 Å². The van der Waals surface area contributed by atoms with Crippen LogP contribution in [0.4, 0.5) is 0 Å². The number of rotatable bonds is 2. The van der Waals surface area contributed by atoms with Crippen molar-refractivity contribution in [3.05, 3.63) is 12.7 Å². The van der Waals surface area contributed by atoms with E-state index in [0.717, 1.165) is 6.42 Å². The lowest BCUT2D eigenvalue weighted by atomic mass is 9.85. The van der Waals surface area contributed by atoms with Crippen LogP contribution in [-0.4, -0.2) is 23.3 Å². The first-order valence-corrected chi connectivity index (χ1v) is 4.61. The van der Waals surface area contributed by atoms with Crippen molar-refractivity contribution in [3.8, 4) is 0 Å². The van der Waals surface area contributed by atoms with E-state index in [4.69, 9.17) is 4.74 Å². The summed E-state index contributed by atoms with van der Waals surface area (Å²) in [5.74, 6) is 0.0431. The monoisotopic (exact) mass is 184 g/mol. The molecule has 0 aliphatic heterocycles. The Labute approximate surface area is 78.4 Å². The SMILES string of the molecule is C=CC1CC[C@@H](O)[C@H](OC(C)=O)C1. The van der Waals surface area contributed by atoms with Crippen molar-refractivity contribution in [3.63, 3.8) is 0 Å². The maximum absolute atomic E-state index is 10.7. The van der Waals surface area contributed by atoms with E-state index in [0.29, 0.717) is 18.8 Å². The molecule has 0 radical (unpaired) electrons. The van der Waals surface area contributed by atoms with E-state index in [9.17, 15) is 9.90 Å². The number of allylic oxidation sites excluding steroid dienone is 1. The summed E-state index contributed by atoms with van der Waals surface area (Å²) in [6.45, 7) is 5.07. The number of hydrogen-bond donors (Lipinski definition) is 1. The van der Waals surface area contributed by atoms with E-state index >= 15 is 0 Å². The molecule has 74 valence electrons. The van der Waals surface area contributed by atoms with Crippen molar-refractivity contribution >= 4 is 5.97 Å². The smallest absolute Gasteiger partial charge is 0.302 e. The van der Waals surface area contributed by atoms with Gasteiger partial charge in [0.1, 0.15) is 6.10 Å². The van der Waals surface area contributed by atoms with Crippen molar-refractivity contribution in [2.24, 2.45) is 5.92 Å². The van der Waals surface area contributed by atoms with E-state index in [-0.39, 0.29) is 12.1 Å². The summed E-state index contributed by atoms with van der Waals surface area (Å²) in [4.78, 5) is 10.7. The summed E-state index contributed by atoms with van der Waals surface area (Å²) in [6.07, 6.45) is 3.35. The van der Waals surface area contributed by atoms with Gasteiger partial charge >= 0.3 is 5.97 Å². The van der Waals surface area contributed by atoms with E-state index in [1.807, 2.05) is 6.08 Å². The Balaban J connectivity index is 2.49. The first-order valence-electron chi connectivity index (χ1n) is 4.61. The van der Waals surface area contributed by atoms with Crippen LogP contribution in [0.15, 0.2) is 12.7 Å². The third-order valence-corrected chi connectivity index (χ3v) is 2.45. The molecule has 13 heavy (non-hydrogen) atoms. The zero-order valence-corrected chi connectivity index (χ0v) is 7.90. The van der Waals surface area contributed by atoms with Crippen molar-refractivity contribution < 1.29 is 14.6 Å². The highest BCUT2D eigenvalue weighted by Gasteiger charge is 2.29. The van der Waals surface area contributed by atoms with Crippen LogP contribution in [0.25, 0.3) is 0 Å². The van der Waals surface area contributed by atoms with Crippen molar-refractivity contribution in [2.45, 2.75) is 38.4 Å². The lowest BCUT2D eigenvalue weighted by molar-refractivity contribution is -0.155. The summed E-state index contributed by atoms with van der Waals surface area (Å²) in [5.41, 5.74) is 0. The van der Waals surface area contributed by atoms with Crippen LogP contribution in [0.1, 0.15) is 26.2 Å². The number of carbonyl (C=O) groups is 1. The van der Waals surface area contributed by atoms with E-state index < -0.39 is 6.10 Å². The summed E-state index contributed by atoms with van der Waals surface area (Å²) in [5, 5.41) is 9.52. The number of hydrogen-bond acceptors (Lipinski definition) is 3. The Morgan fingerprint density at radius 1 is 1.62 bits per heavy atom. The summed E-state index contributed by atoms with van der Waals surface area (Å²) < 4.78 is 5.00. The minimum absolute atomic E-state index is 0.325. The molecule has 3 heteroatoms. The molecule has 0 heterocycles. The molecule has 3 atom stereocenters. The zero-order valence-electron chi connectivity index (χ0n) is 7.90. The molecule has 1 N–H and O–H groups in total. The Bertz CT molecular complexity index is 200. The van der Waals surface area contributed by atoms with Gasteiger partial charge in [-0.25, -0.2) is 0 Å². The number of aliphatic hydroxyl groups excluding tert-OH is 1. The Morgan fingerprint density at radius 3 is 2.85 bits per heavy atom. The molecule has 0 bridgehead atoms. The first-order chi connectivity index (χ1) is 6.13. The number of aliphatic hydroxyl groups is 1. The predicted molar refractivity (Wildman–Crippen MR) is 49.1 cm³/mol. The molecule has 1 aliphatic rings. The van der Waals surface area contributed by atoms with E-state index in [1.165, 1.54) is 6.92 Å². The number of ether oxygens (including phenoxy) is 1. The minimum atomic E-state index is -0.500. The van der Waals surface area contributed by atoms with Gasteiger partial charge in [0.25, 0.3) is 0 Å². The lowest BCUT2D eigenvalue weighted by Gasteiger charge is -2.31. The Morgan fingerprint density at radius 2 is 2.31 bits per heavy atom. The second kappa shape index (κ2) is 4.42. The zero-order chi connectivity index (χ0) is 9.84. The van der Waals surface area contributed by atoms with Crippen molar-refractivity contribution in [1.29, 1.82) is 0 Å². The van der Waals surface area contributed by atoms with Crippen LogP contribution in [-0.2, 0) is 9.53 Å². The molecule has 1 saturated carbocycles. The molecule has 0 saturated heterocycles. The van der Waals surface area contributed by atoms with Gasteiger partial charge in [-0.15, -0.1) is 6.58 Å². The molecule has 0 spiro atoms. The first kappa shape index (κ1) is 10.3. The molecule has 3 nitrogen and oxygen atoms in total. The molecular weight excluding hydrogens is 168 g/mol. The molecule has 1 rings (SSSR count). The Hall–Kier alpha value is -0.830. The highest BCUT2D eigenvalue weighted by atomic mass is 16.6. The number of carbonyl (C=O) groups excluding carboxylic acids is 1. The lowest BCUT2D eigenvalue weighted by Crippen LogP contribution is -2.36. The fourth-order valence-electron chi connectivity index (χ4n) is 1.70. The van der Waals surface area contributed by atoms with Gasteiger partial charge in [0, 0.05) is 6.92 Å². The van der Waals surface area contributed by atoms with Crippen LogP contribution in [0.3, 0.4) is 0 Å². The van der Waals surface area contributed by atoms with Gasteiger partial charge in [0.2, 0.25) is 0 Å². The topological polar surface area (TPSA) is 46.5 Å². The van der Waals surface area contributed by atoms with Gasteiger partial charge in [-0.3, -0.25) is 4.79 Å². The van der Waals surface area contributed by atoms with Gasteiger partial charge in [-0.1, -0.05) is 6.08 Å². The Kier molecular flexibility index (Phi) is 3.48. The van der Waals surface area contributed by atoms with Gasteiger partial charge in [-0.2, -0.15) is 0 Å². The molecular formula is C10H16O3. The van der Waals surface area contributed by atoms with Gasteiger partial charge < -0.3 is 9.84 Å². The van der Waals surface area contributed by atoms with Gasteiger partial charge in [0.15, 0.2) is 0 Å². The average Bonchev–Trinajstić information content (AvgIpc) is 2.08. The van der Waals surface area contributed by atoms with Crippen LogP contribution >= 0.6 is 0 Å². The van der Waals surface area contributed by atoms with Gasteiger partial charge in [-0.05, 0) is 25.2 Å². The van der Waals surface area contributed by atoms with Crippen LogP contribution in [0.5, 0.6) is 0 Å². The molecule has 1 unspecified atom stereocenters. The average molecular weight is 184 g/mol. The molecule has 0 aromatic heterocycles. The standard InChI is InChI=1S/C10H16O3/c1-3-8-4-5-9(12)10(6-8)13-7(2)11/h3,8-10,12H,1,4-6H2,2H3/t8?,9-,10-/m1/s1. The third-order valence-electron chi connectivity index (χ3n) is 2.45. The van der Waals surface area contributed by atoms with E-state index in [2.05, 4.69) is 6.58 Å². The van der Waals surface area contributed by atoms with Gasteiger partial charge in [0.05, 0.1) is 6.10 Å². The summed E-state index contributed by atoms with van der Waals surface area (Å²) >= 11 is 0. The second-order valence-electron chi connectivity index (χ2n) is 3.52. The third kappa shape index (κ3) is 2.84. The second-order valence-corrected chi connectivity index (χ2v) is 3.52. The van der Waals surface area contributed by atoms with Crippen LogP contribution in [0.2, 0.25) is 0 Å². The van der Waals surface area contributed by atoms with Crippen molar-refractivity contribution in [2.75, 3.05) is 0 Å². The fraction of sp³-hybridized carbons (Fsp3) is 0.700. The largest absolute Gasteiger partial charge is 0.460 e. The summed E-state index contributed by atoms with van der Waals surface area (Å²) in [6, 6.07) is 0. The maximum Gasteiger partial charge on any atom is 0.302 e. The molecule has 1 aliphatic carbocycles. The summed E-state index contributed by atoms with van der Waals surface area (Å²) in [7, 11) is 0. The highest BCUT2D eigenvalue weighted by molar-refractivity contribution is 5.66. The molecule has 0 aromatic carbocycles. The molecule has 1 fully saturated rings. The van der Waals surface area contributed by atoms with Crippen LogP contribution < -0.4 is 0 Å². The highest BCUT2D eigenvalue weighted by Crippen LogP contribution is 2.27. The molecule has 0 aromatic rings. The minimum Gasteiger partial charge on any atom is -0.460 e. The normalized spacial score (nSPS) is 33.8. The quantitative estimate of drug-likeness (QED) is 0.519.